The maximum Gasteiger partial charge on any atom is 0.251 e. The van der Waals surface area contributed by atoms with Crippen molar-refractivity contribution in [2.45, 2.75) is 39.2 Å². The average molecular weight is 393 g/mol. The third kappa shape index (κ3) is 5.02. The molecule has 2 N–H and O–H groups in total. The van der Waals surface area contributed by atoms with Crippen LogP contribution in [0.2, 0.25) is 0 Å². The van der Waals surface area contributed by atoms with Gasteiger partial charge in [0.05, 0.1) is 5.92 Å². The molecule has 3 amide bonds. The summed E-state index contributed by atoms with van der Waals surface area (Å²) in [7, 11) is 0. The summed E-state index contributed by atoms with van der Waals surface area (Å²) >= 11 is 0. The Morgan fingerprint density at radius 1 is 1.03 bits per heavy atom. The highest BCUT2D eigenvalue weighted by Crippen LogP contribution is 2.25. The van der Waals surface area contributed by atoms with Crippen LogP contribution in [0.3, 0.4) is 0 Å². The Bertz CT molecular complexity index is 861. The van der Waals surface area contributed by atoms with E-state index in [2.05, 4.69) is 10.6 Å². The van der Waals surface area contributed by atoms with Crippen molar-refractivity contribution in [3.8, 4) is 0 Å². The van der Waals surface area contributed by atoms with Crippen LogP contribution in [0.25, 0.3) is 0 Å². The molecule has 2 aromatic carbocycles. The molecule has 1 aliphatic heterocycles. The minimum atomic E-state index is -0.402. The molecule has 1 fully saturated rings. The number of hydrogen-bond acceptors (Lipinski definition) is 3. The lowest BCUT2D eigenvalue weighted by Gasteiger charge is -2.16. The van der Waals surface area contributed by atoms with E-state index >= 15 is 0 Å². The maximum absolute atomic E-state index is 12.6. The van der Waals surface area contributed by atoms with Gasteiger partial charge in [0, 0.05) is 35.9 Å². The number of amides is 3. The fourth-order valence-corrected chi connectivity index (χ4v) is 3.45. The van der Waals surface area contributed by atoms with Gasteiger partial charge in [-0.15, -0.1) is 0 Å². The summed E-state index contributed by atoms with van der Waals surface area (Å²) in [6.07, 6.45) is 1.96. The van der Waals surface area contributed by atoms with Gasteiger partial charge < -0.3 is 15.5 Å². The van der Waals surface area contributed by atoms with Gasteiger partial charge in [0.2, 0.25) is 11.8 Å². The number of benzene rings is 2. The molecule has 6 nitrogen and oxygen atoms in total. The van der Waals surface area contributed by atoms with Crippen molar-refractivity contribution in [3.63, 3.8) is 0 Å². The highest BCUT2D eigenvalue weighted by molar-refractivity contribution is 6.03. The van der Waals surface area contributed by atoms with E-state index in [9.17, 15) is 14.4 Å². The van der Waals surface area contributed by atoms with E-state index in [1.54, 1.807) is 29.2 Å². The number of anilines is 2. The molecule has 29 heavy (non-hydrogen) atoms. The molecule has 3 rings (SSSR count). The fraction of sp³-hybridized carbons (Fsp3) is 0.348. The number of carbonyl (C=O) groups is 3. The normalized spacial score (nSPS) is 16.2. The highest BCUT2D eigenvalue weighted by atomic mass is 16.2. The molecular weight excluding hydrogens is 366 g/mol. The minimum Gasteiger partial charge on any atom is -0.349 e. The molecule has 1 unspecified atom stereocenters. The number of hydrogen-bond donors (Lipinski definition) is 2. The predicted molar refractivity (Wildman–Crippen MR) is 114 cm³/mol. The first-order valence-electron chi connectivity index (χ1n) is 10.1. The van der Waals surface area contributed by atoms with Crippen molar-refractivity contribution in [1.29, 1.82) is 0 Å². The first kappa shape index (κ1) is 20.6. The molecule has 1 atom stereocenters. The third-order valence-corrected chi connectivity index (χ3v) is 5.30. The van der Waals surface area contributed by atoms with E-state index in [0.29, 0.717) is 17.8 Å². The van der Waals surface area contributed by atoms with E-state index < -0.39 is 5.92 Å². The lowest BCUT2D eigenvalue weighted by Crippen LogP contribution is -2.33. The van der Waals surface area contributed by atoms with E-state index in [1.165, 1.54) is 0 Å². The number of nitrogens with one attached hydrogen (secondary N) is 2. The Balaban J connectivity index is 1.58. The Morgan fingerprint density at radius 3 is 2.31 bits per heavy atom. The van der Waals surface area contributed by atoms with Gasteiger partial charge in [0.1, 0.15) is 0 Å². The quantitative estimate of drug-likeness (QED) is 0.754. The molecule has 0 aromatic heterocycles. The van der Waals surface area contributed by atoms with Gasteiger partial charge in [0.15, 0.2) is 0 Å². The Hall–Kier alpha value is -3.15. The van der Waals surface area contributed by atoms with E-state index in [-0.39, 0.29) is 30.2 Å². The van der Waals surface area contributed by atoms with Crippen LogP contribution in [-0.2, 0) is 9.59 Å². The van der Waals surface area contributed by atoms with Crippen LogP contribution in [0.4, 0.5) is 11.4 Å². The second-order valence-electron chi connectivity index (χ2n) is 7.29. The van der Waals surface area contributed by atoms with E-state index in [1.807, 2.05) is 44.2 Å². The summed E-state index contributed by atoms with van der Waals surface area (Å²) in [5.74, 6) is -0.757. The van der Waals surface area contributed by atoms with E-state index in [0.717, 1.165) is 18.5 Å². The zero-order valence-electron chi connectivity index (χ0n) is 16.9. The number of rotatable bonds is 7. The molecule has 0 radical (unpaired) electrons. The van der Waals surface area contributed by atoms with Crippen molar-refractivity contribution in [1.82, 2.24) is 5.32 Å². The monoisotopic (exact) mass is 393 g/mol. The summed E-state index contributed by atoms with van der Waals surface area (Å²) < 4.78 is 0. The lowest BCUT2D eigenvalue weighted by molar-refractivity contribution is -0.122. The molecule has 152 valence electrons. The Labute approximate surface area is 171 Å². The predicted octanol–water partition coefficient (Wildman–Crippen LogP) is 3.60. The van der Waals surface area contributed by atoms with Crippen molar-refractivity contribution < 1.29 is 14.4 Å². The molecule has 1 aliphatic rings. The third-order valence-electron chi connectivity index (χ3n) is 5.30. The summed E-state index contributed by atoms with van der Waals surface area (Å²) in [4.78, 5) is 38.8. The topological polar surface area (TPSA) is 78.5 Å². The van der Waals surface area contributed by atoms with Crippen LogP contribution in [0, 0.1) is 5.92 Å². The first-order chi connectivity index (χ1) is 14.0. The van der Waals surface area contributed by atoms with Crippen LogP contribution in [-0.4, -0.2) is 30.3 Å². The Morgan fingerprint density at radius 2 is 1.69 bits per heavy atom. The Kier molecular flexibility index (Phi) is 6.65. The van der Waals surface area contributed by atoms with Crippen molar-refractivity contribution in [2.24, 2.45) is 5.92 Å². The van der Waals surface area contributed by atoms with Gasteiger partial charge in [-0.3, -0.25) is 14.4 Å². The van der Waals surface area contributed by atoms with Gasteiger partial charge in [-0.25, -0.2) is 0 Å². The average Bonchev–Trinajstić information content (AvgIpc) is 3.14. The SMILES string of the molecule is CCC(CC)NC(=O)c1ccc(NC(=O)C2CC(=O)N(c3ccccc3)C2)cc1. The van der Waals surface area contributed by atoms with Gasteiger partial charge >= 0.3 is 0 Å². The highest BCUT2D eigenvalue weighted by Gasteiger charge is 2.35. The smallest absolute Gasteiger partial charge is 0.251 e. The molecule has 1 saturated heterocycles. The molecule has 0 bridgehead atoms. The summed E-state index contributed by atoms with van der Waals surface area (Å²) in [6.45, 7) is 4.45. The van der Waals surface area contributed by atoms with Crippen LogP contribution in [0.15, 0.2) is 54.6 Å². The van der Waals surface area contributed by atoms with Gasteiger partial charge in [-0.2, -0.15) is 0 Å². The first-order valence-corrected chi connectivity index (χ1v) is 10.1. The summed E-state index contributed by atoms with van der Waals surface area (Å²) in [5, 5.41) is 5.85. The zero-order chi connectivity index (χ0) is 20.8. The number of carbonyl (C=O) groups excluding carboxylic acids is 3. The largest absolute Gasteiger partial charge is 0.349 e. The zero-order valence-corrected chi connectivity index (χ0v) is 16.9. The fourth-order valence-electron chi connectivity index (χ4n) is 3.45. The molecular formula is C23H27N3O3. The minimum absolute atomic E-state index is 0.0511. The van der Waals surface area contributed by atoms with Gasteiger partial charge in [-0.1, -0.05) is 32.0 Å². The summed E-state index contributed by atoms with van der Waals surface area (Å²) in [5.41, 5.74) is 1.97. The van der Waals surface area contributed by atoms with Gasteiger partial charge in [0.25, 0.3) is 5.91 Å². The number of para-hydroxylation sites is 1. The lowest BCUT2D eigenvalue weighted by atomic mass is 10.1. The van der Waals surface area contributed by atoms with Crippen molar-refractivity contribution in [3.05, 3.63) is 60.2 Å². The van der Waals surface area contributed by atoms with Crippen molar-refractivity contribution in [2.75, 3.05) is 16.8 Å². The molecule has 6 heteroatoms. The number of nitrogens with zero attached hydrogens (tertiary/aromatic N) is 1. The van der Waals surface area contributed by atoms with Gasteiger partial charge in [-0.05, 0) is 49.2 Å². The summed E-state index contributed by atoms with van der Waals surface area (Å²) in [6, 6.07) is 16.3. The second-order valence-corrected chi connectivity index (χ2v) is 7.29. The van der Waals surface area contributed by atoms with Crippen LogP contribution >= 0.6 is 0 Å². The van der Waals surface area contributed by atoms with Crippen LogP contribution in [0.1, 0.15) is 43.5 Å². The van der Waals surface area contributed by atoms with Crippen molar-refractivity contribution >= 4 is 29.1 Å². The molecule has 0 aliphatic carbocycles. The van der Waals surface area contributed by atoms with Crippen LogP contribution < -0.4 is 15.5 Å². The molecule has 0 spiro atoms. The standard InChI is InChI=1S/C23H27N3O3/c1-3-18(4-2)24-22(28)16-10-12-19(13-11-16)25-23(29)17-14-21(27)26(15-17)20-8-6-5-7-9-20/h5-13,17-18H,3-4,14-15H2,1-2H3,(H,24,28)(H,25,29). The second kappa shape index (κ2) is 9.37. The maximum atomic E-state index is 12.6. The molecule has 2 aromatic rings. The molecule has 0 saturated carbocycles. The van der Waals surface area contributed by atoms with Crippen LogP contribution in [0.5, 0.6) is 0 Å². The van der Waals surface area contributed by atoms with E-state index in [4.69, 9.17) is 0 Å². The molecule has 1 heterocycles.